The second-order valence-corrected chi connectivity index (χ2v) is 11.3. The van der Waals surface area contributed by atoms with Crippen LogP contribution in [0.15, 0.2) is 59.7 Å². The molecule has 9 heteroatoms. The van der Waals surface area contributed by atoms with Crippen LogP contribution in [-0.2, 0) is 7.05 Å². The van der Waals surface area contributed by atoms with E-state index in [0.717, 1.165) is 38.3 Å². The van der Waals surface area contributed by atoms with Gasteiger partial charge in [-0.15, -0.1) is 11.3 Å². The predicted molar refractivity (Wildman–Crippen MR) is 151 cm³/mol. The van der Waals surface area contributed by atoms with Crippen molar-refractivity contribution in [1.82, 2.24) is 19.7 Å². The molecule has 1 fully saturated rings. The third-order valence-corrected chi connectivity index (χ3v) is 9.20. The topological polar surface area (TPSA) is 105 Å². The highest BCUT2D eigenvalue weighted by Gasteiger charge is 2.39. The molecule has 3 N–H and O–H groups in total. The summed E-state index contributed by atoms with van der Waals surface area (Å²) in [7, 11) is 1.71. The summed E-state index contributed by atoms with van der Waals surface area (Å²) in [5, 5.41) is 14.2. The number of hydrogen-bond donors (Lipinski definition) is 3. The maximum Gasteiger partial charge on any atom is 0.293 e. The molecule has 0 spiro atoms. The second kappa shape index (κ2) is 8.66. The molecule has 38 heavy (non-hydrogen) atoms. The maximum absolute atomic E-state index is 13.2. The summed E-state index contributed by atoms with van der Waals surface area (Å²) >= 11 is 1.65. The molecule has 2 aliphatic carbocycles. The van der Waals surface area contributed by atoms with Gasteiger partial charge in [-0.2, -0.15) is 5.10 Å². The monoisotopic (exact) mass is 522 g/mol. The highest BCUT2D eigenvalue weighted by molar-refractivity contribution is 7.14. The molecule has 3 heterocycles. The number of aromatic amines is 1. The number of aryl methyl sites for hydroxylation is 1. The molecule has 190 valence electrons. The van der Waals surface area contributed by atoms with Gasteiger partial charge in [0.15, 0.2) is 5.82 Å². The first-order valence-electron chi connectivity index (χ1n) is 12.8. The number of aromatic nitrogens is 4. The third-order valence-electron chi connectivity index (χ3n) is 7.89. The van der Waals surface area contributed by atoms with E-state index in [4.69, 9.17) is 0 Å². The van der Waals surface area contributed by atoms with Gasteiger partial charge in [-0.25, -0.2) is 4.98 Å². The van der Waals surface area contributed by atoms with Gasteiger partial charge < -0.3 is 15.2 Å². The van der Waals surface area contributed by atoms with Crippen molar-refractivity contribution in [1.29, 1.82) is 0 Å². The number of carbonyl (C=O) groups is 1. The Morgan fingerprint density at radius 1 is 1.16 bits per heavy atom. The number of amides is 1. The maximum atomic E-state index is 13.2. The Kier molecular flexibility index (Phi) is 5.23. The van der Waals surface area contributed by atoms with Gasteiger partial charge in [-0.05, 0) is 79.5 Å². The average molecular weight is 523 g/mol. The predicted octanol–water partition coefficient (Wildman–Crippen LogP) is 6.05. The number of carbonyl (C=O) groups excluding carboxylic acids is 1. The summed E-state index contributed by atoms with van der Waals surface area (Å²) in [4.78, 5) is 33.0. The lowest BCUT2D eigenvalue weighted by molar-refractivity contribution is 0.103. The van der Waals surface area contributed by atoms with Crippen LogP contribution < -0.4 is 16.2 Å². The lowest BCUT2D eigenvalue weighted by atomic mass is 9.99. The van der Waals surface area contributed by atoms with Crippen LogP contribution in [0.5, 0.6) is 0 Å². The van der Waals surface area contributed by atoms with Gasteiger partial charge in [0.2, 0.25) is 0 Å². The van der Waals surface area contributed by atoms with Crippen LogP contribution in [0, 0.1) is 6.92 Å². The summed E-state index contributed by atoms with van der Waals surface area (Å²) in [6.45, 7) is 1.96. The first-order valence-corrected chi connectivity index (χ1v) is 13.6. The van der Waals surface area contributed by atoms with E-state index in [1.54, 1.807) is 30.8 Å². The zero-order chi connectivity index (χ0) is 26.0. The number of hydrogen-bond acceptors (Lipinski definition) is 6. The van der Waals surface area contributed by atoms with Gasteiger partial charge in [0.25, 0.3) is 11.5 Å². The zero-order valence-electron chi connectivity index (χ0n) is 21.0. The Balaban J connectivity index is 1.18. The standard InChI is InChI=1S/C29H26N6O2S/c1-15-20(4-3-5-22(15)33-28(36)25-12-21-16-6-7-17(10-16)26(21)38-25)24-14-35(2)29(37)27(32-24)31-19-8-9-23-18(11-19)13-30-34-23/h3-5,8-9,11-14,16-17H,6-7,10H2,1-2H3,(H,30,34)(H,31,32)(H,33,36). The Bertz CT molecular complexity index is 1770. The minimum atomic E-state index is -0.233. The minimum Gasteiger partial charge on any atom is -0.336 e. The average Bonchev–Trinajstić information content (AvgIpc) is 3.70. The fourth-order valence-electron chi connectivity index (χ4n) is 5.88. The minimum absolute atomic E-state index is 0.0746. The SMILES string of the molecule is Cc1c(NC(=O)c2cc3c(s2)C2CCC3C2)cccc1-c1cn(C)c(=O)c(Nc2ccc3[nH]ncc3c2)n1. The van der Waals surface area contributed by atoms with Crippen LogP contribution >= 0.6 is 11.3 Å². The Hall–Kier alpha value is -4.24. The highest BCUT2D eigenvalue weighted by atomic mass is 32.1. The number of benzene rings is 2. The number of anilines is 3. The molecule has 2 unspecified atom stereocenters. The zero-order valence-corrected chi connectivity index (χ0v) is 21.9. The van der Waals surface area contributed by atoms with Crippen LogP contribution in [-0.4, -0.2) is 25.7 Å². The Labute approximate surface area is 222 Å². The van der Waals surface area contributed by atoms with Crippen LogP contribution in [0.2, 0.25) is 0 Å². The van der Waals surface area contributed by atoms with Gasteiger partial charge in [0.05, 0.1) is 22.3 Å². The van der Waals surface area contributed by atoms with Gasteiger partial charge in [-0.3, -0.25) is 14.7 Å². The molecule has 2 atom stereocenters. The van der Waals surface area contributed by atoms with E-state index in [9.17, 15) is 9.59 Å². The highest BCUT2D eigenvalue weighted by Crippen LogP contribution is 2.55. The number of fused-ring (bicyclic) bond motifs is 6. The summed E-state index contributed by atoms with van der Waals surface area (Å²) in [5.74, 6) is 1.43. The Morgan fingerprint density at radius 2 is 2.03 bits per heavy atom. The molecule has 0 aliphatic heterocycles. The fraction of sp³-hybridized carbons (Fsp3) is 0.241. The summed E-state index contributed by atoms with van der Waals surface area (Å²) in [5.41, 5.74) is 5.93. The molecule has 8 nitrogen and oxygen atoms in total. The molecular formula is C29H26N6O2S. The molecule has 7 rings (SSSR count). The molecule has 1 amide bonds. The van der Waals surface area contributed by atoms with Crippen molar-refractivity contribution in [3.05, 3.63) is 86.1 Å². The number of nitrogens with zero attached hydrogens (tertiary/aromatic N) is 3. The largest absolute Gasteiger partial charge is 0.336 e. The van der Waals surface area contributed by atoms with E-state index in [2.05, 4.69) is 31.9 Å². The van der Waals surface area contributed by atoms with E-state index >= 15 is 0 Å². The molecule has 0 saturated heterocycles. The van der Waals surface area contributed by atoms with Crippen LogP contribution in [0.3, 0.4) is 0 Å². The van der Waals surface area contributed by atoms with Crippen molar-refractivity contribution in [2.24, 2.45) is 7.05 Å². The van der Waals surface area contributed by atoms with Gasteiger partial charge in [0, 0.05) is 40.4 Å². The van der Waals surface area contributed by atoms with Crippen molar-refractivity contribution in [2.75, 3.05) is 10.6 Å². The normalized spacial score (nSPS) is 17.6. The number of thiophene rings is 1. The summed E-state index contributed by atoms with van der Waals surface area (Å²) in [6, 6.07) is 13.6. The second-order valence-electron chi connectivity index (χ2n) is 10.3. The van der Waals surface area contributed by atoms with E-state index in [1.165, 1.54) is 34.3 Å². The molecule has 5 aromatic rings. The summed E-state index contributed by atoms with van der Waals surface area (Å²) in [6.07, 6.45) is 7.21. The van der Waals surface area contributed by atoms with Crippen molar-refractivity contribution in [3.8, 4) is 11.3 Å². The van der Waals surface area contributed by atoms with Gasteiger partial charge in [-0.1, -0.05) is 12.1 Å². The first kappa shape index (κ1) is 22.9. The fourth-order valence-corrected chi connectivity index (χ4v) is 7.17. The molecule has 0 radical (unpaired) electrons. The van der Waals surface area contributed by atoms with Crippen LogP contribution in [0.1, 0.15) is 56.8 Å². The van der Waals surface area contributed by atoms with E-state index in [-0.39, 0.29) is 17.3 Å². The molecule has 3 aromatic heterocycles. The number of rotatable bonds is 5. The van der Waals surface area contributed by atoms with E-state index < -0.39 is 0 Å². The quantitative estimate of drug-likeness (QED) is 0.260. The number of nitrogens with one attached hydrogen (secondary N) is 3. The molecule has 2 aromatic carbocycles. The lowest BCUT2D eigenvalue weighted by Gasteiger charge is -2.14. The number of H-pyrrole nitrogens is 1. The molecule has 1 saturated carbocycles. The van der Waals surface area contributed by atoms with Gasteiger partial charge in [0.1, 0.15) is 0 Å². The van der Waals surface area contributed by atoms with Crippen LogP contribution in [0.4, 0.5) is 17.2 Å². The van der Waals surface area contributed by atoms with E-state index in [1.807, 2.05) is 43.3 Å². The van der Waals surface area contributed by atoms with E-state index in [0.29, 0.717) is 17.5 Å². The molecule has 2 aliphatic rings. The van der Waals surface area contributed by atoms with Crippen molar-refractivity contribution >= 4 is 45.3 Å². The van der Waals surface area contributed by atoms with Gasteiger partial charge >= 0.3 is 0 Å². The Morgan fingerprint density at radius 3 is 2.89 bits per heavy atom. The van der Waals surface area contributed by atoms with Crippen molar-refractivity contribution in [3.63, 3.8) is 0 Å². The first-order chi connectivity index (χ1) is 18.4. The van der Waals surface area contributed by atoms with Crippen LogP contribution in [0.25, 0.3) is 22.2 Å². The summed E-state index contributed by atoms with van der Waals surface area (Å²) < 4.78 is 1.52. The molecular weight excluding hydrogens is 496 g/mol. The smallest absolute Gasteiger partial charge is 0.293 e. The lowest BCUT2D eigenvalue weighted by Crippen LogP contribution is -2.21. The molecule has 2 bridgehead atoms. The third kappa shape index (κ3) is 3.73. The van der Waals surface area contributed by atoms with Crippen molar-refractivity contribution < 1.29 is 4.79 Å². The van der Waals surface area contributed by atoms with Crippen molar-refractivity contribution in [2.45, 2.75) is 38.0 Å².